The molecule has 0 atom stereocenters. The molecule has 0 heterocycles. The summed E-state index contributed by atoms with van der Waals surface area (Å²) in [6.07, 6.45) is 5.04. The third-order valence-corrected chi connectivity index (χ3v) is 4.50. The number of halogens is 5. The van der Waals surface area contributed by atoms with Crippen molar-refractivity contribution in [3.8, 4) is 0 Å². The van der Waals surface area contributed by atoms with Gasteiger partial charge in [-0.3, -0.25) is 0 Å². The topological polar surface area (TPSA) is 9.23 Å². The highest BCUT2D eigenvalue weighted by Gasteiger charge is 2.34. The molecule has 0 amide bonds. The van der Waals surface area contributed by atoms with Gasteiger partial charge in [-0.15, -0.1) is 0 Å². The zero-order chi connectivity index (χ0) is 29.8. The maximum Gasteiger partial charge on any atom is 0.426 e. The smallest absolute Gasteiger partial charge is 0.426 e. The molecule has 0 fully saturated rings. The van der Waals surface area contributed by atoms with E-state index in [0.29, 0.717) is 5.57 Å². The average Bonchev–Trinajstić information content (AvgIpc) is 2.82. The molecule has 0 aliphatic carbocycles. The van der Waals surface area contributed by atoms with Crippen molar-refractivity contribution in [3.05, 3.63) is 182 Å². The zero-order valence-corrected chi connectivity index (χ0v) is 21.5. The first-order valence-corrected chi connectivity index (χ1v) is 10.8. The Hall–Kier alpha value is -4.45. The molecule has 0 N–H and O–H groups in total. The van der Waals surface area contributed by atoms with Gasteiger partial charge in [0.2, 0.25) is 0 Å². The lowest BCUT2D eigenvalue weighted by Crippen LogP contribution is -2.21. The van der Waals surface area contributed by atoms with E-state index < -0.39 is 34.9 Å². The van der Waals surface area contributed by atoms with Gasteiger partial charge in [0.1, 0.15) is 23.2 Å². The van der Waals surface area contributed by atoms with E-state index in [0.717, 1.165) is 30.4 Å². The SMILES string of the molecule is C=C(C)/C=C\C(=C)C(F)(F)OC(=C)/C=C\C(=C)C(=C)/C=C(/F)C(=C)C(=C)/C=C(/F)C(=C)C(=C)/C=C\C(=C)F. The van der Waals surface area contributed by atoms with Gasteiger partial charge in [-0.05, 0) is 59.6 Å². The Bertz CT molecular complexity index is 1260. The standard InChI is InChI=1S/C32H31F5O/c1-20(2)12-15-25(7)32(36,37)38-27(9)17-14-21(3)23(5)18-30(34)29(11)24(6)19-31(35)28(10)22(4)13-16-26(8)33/h12-19H,1,3-11H2,2H3/b15-12-,16-13-,17-14-,30-18+,31-19+. The second-order valence-corrected chi connectivity index (χ2v) is 7.95. The van der Waals surface area contributed by atoms with Gasteiger partial charge in [-0.2, -0.15) is 8.78 Å². The molecule has 0 aromatic carbocycles. The first kappa shape index (κ1) is 33.5. The van der Waals surface area contributed by atoms with Crippen LogP contribution in [0.4, 0.5) is 22.0 Å². The van der Waals surface area contributed by atoms with Crippen molar-refractivity contribution < 1.29 is 26.7 Å². The first-order valence-electron chi connectivity index (χ1n) is 10.8. The minimum absolute atomic E-state index is 0.0555. The van der Waals surface area contributed by atoms with Gasteiger partial charge in [-0.1, -0.05) is 89.6 Å². The van der Waals surface area contributed by atoms with Crippen molar-refractivity contribution >= 4 is 0 Å². The maximum absolute atomic E-state index is 14.7. The van der Waals surface area contributed by atoms with Crippen LogP contribution in [0.2, 0.25) is 0 Å². The predicted octanol–water partition coefficient (Wildman–Crippen LogP) is 10.4. The van der Waals surface area contributed by atoms with Crippen LogP contribution in [0.1, 0.15) is 6.92 Å². The molecule has 38 heavy (non-hydrogen) atoms. The highest BCUT2D eigenvalue weighted by atomic mass is 19.3. The highest BCUT2D eigenvalue weighted by Crippen LogP contribution is 2.29. The summed E-state index contributed by atoms with van der Waals surface area (Å²) in [4.78, 5) is 0. The molecule has 0 aromatic heterocycles. The molecule has 1 nitrogen and oxygen atoms in total. The van der Waals surface area contributed by atoms with Crippen LogP contribution in [0.3, 0.4) is 0 Å². The van der Waals surface area contributed by atoms with Crippen LogP contribution >= 0.6 is 0 Å². The average molecular weight is 527 g/mol. The summed E-state index contributed by atoms with van der Waals surface area (Å²) >= 11 is 0. The number of alkyl halides is 2. The van der Waals surface area contributed by atoms with E-state index in [9.17, 15) is 22.0 Å². The number of hydrogen-bond donors (Lipinski definition) is 0. The summed E-state index contributed by atoms with van der Waals surface area (Å²) in [5, 5.41) is 0. The second kappa shape index (κ2) is 15.0. The van der Waals surface area contributed by atoms with E-state index in [-0.39, 0.29) is 33.4 Å². The van der Waals surface area contributed by atoms with Crippen molar-refractivity contribution in [1.82, 2.24) is 0 Å². The second-order valence-electron chi connectivity index (χ2n) is 7.95. The van der Waals surface area contributed by atoms with Gasteiger partial charge < -0.3 is 4.74 Å². The lowest BCUT2D eigenvalue weighted by atomic mass is 10.0. The van der Waals surface area contributed by atoms with Crippen molar-refractivity contribution in [3.63, 3.8) is 0 Å². The molecule has 0 rings (SSSR count). The number of ether oxygens (including phenoxy) is 1. The Morgan fingerprint density at radius 2 is 1.05 bits per heavy atom. The Labute approximate surface area is 222 Å². The van der Waals surface area contributed by atoms with Crippen molar-refractivity contribution in [2.75, 3.05) is 0 Å². The fourth-order valence-corrected chi connectivity index (χ4v) is 2.16. The van der Waals surface area contributed by atoms with Crippen LogP contribution in [0.5, 0.6) is 0 Å². The van der Waals surface area contributed by atoms with Crippen molar-refractivity contribution in [2.45, 2.75) is 13.0 Å². The molecule has 0 saturated carbocycles. The molecular formula is C32H31F5O. The Morgan fingerprint density at radius 3 is 1.55 bits per heavy atom. The summed E-state index contributed by atoms with van der Waals surface area (Å²) in [7, 11) is 0. The minimum Gasteiger partial charge on any atom is -0.430 e. The molecule has 0 saturated heterocycles. The molecule has 200 valence electrons. The van der Waals surface area contributed by atoms with Crippen LogP contribution in [0.15, 0.2) is 182 Å². The molecule has 0 bridgehead atoms. The molecule has 0 spiro atoms. The quantitative estimate of drug-likeness (QED) is 0.110. The molecule has 6 heteroatoms. The fourth-order valence-electron chi connectivity index (χ4n) is 2.16. The molecular weight excluding hydrogens is 495 g/mol. The van der Waals surface area contributed by atoms with E-state index in [1.165, 1.54) is 18.2 Å². The molecule has 0 aliphatic rings. The summed E-state index contributed by atoms with van der Waals surface area (Å²) in [5.74, 6) is -2.96. The fraction of sp³-hybridized carbons (Fsp3) is 0.0625. The van der Waals surface area contributed by atoms with Gasteiger partial charge in [0.15, 0.2) is 0 Å². The molecule has 0 aromatic rings. The van der Waals surface area contributed by atoms with E-state index in [2.05, 4.69) is 70.5 Å². The monoisotopic (exact) mass is 526 g/mol. The largest absolute Gasteiger partial charge is 0.430 e. The van der Waals surface area contributed by atoms with E-state index in [1.807, 2.05) is 0 Å². The molecule has 0 aliphatic heterocycles. The predicted molar refractivity (Wildman–Crippen MR) is 150 cm³/mol. The van der Waals surface area contributed by atoms with Crippen LogP contribution in [0.25, 0.3) is 0 Å². The van der Waals surface area contributed by atoms with Gasteiger partial charge >= 0.3 is 6.11 Å². The van der Waals surface area contributed by atoms with E-state index >= 15 is 0 Å². The third kappa shape index (κ3) is 12.0. The molecule has 0 unspecified atom stereocenters. The van der Waals surface area contributed by atoms with Gasteiger partial charge in [0.25, 0.3) is 0 Å². The summed E-state index contributed by atoms with van der Waals surface area (Å²) in [5.41, 5.74) is -0.357. The van der Waals surface area contributed by atoms with Crippen molar-refractivity contribution in [1.29, 1.82) is 0 Å². The third-order valence-electron chi connectivity index (χ3n) is 4.50. The molecule has 0 radical (unpaired) electrons. The Morgan fingerprint density at radius 1 is 0.579 bits per heavy atom. The summed E-state index contributed by atoms with van der Waals surface area (Å²) in [6, 6.07) is 0. The van der Waals surface area contributed by atoms with Crippen LogP contribution in [-0.2, 0) is 4.74 Å². The van der Waals surface area contributed by atoms with E-state index in [1.54, 1.807) is 6.92 Å². The van der Waals surface area contributed by atoms with Crippen LogP contribution in [0, 0.1) is 0 Å². The Balaban J connectivity index is 5.32. The van der Waals surface area contributed by atoms with Crippen LogP contribution in [-0.4, -0.2) is 6.11 Å². The van der Waals surface area contributed by atoms with Gasteiger partial charge in [0, 0.05) is 11.1 Å². The summed E-state index contributed by atoms with van der Waals surface area (Å²) < 4.78 is 74.6. The minimum atomic E-state index is -3.73. The summed E-state index contributed by atoms with van der Waals surface area (Å²) in [6.45, 7) is 36.4. The van der Waals surface area contributed by atoms with Gasteiger partial charge in [-0.25, -0.2) is 13.2 Å². The highest BCUT2D eigenvalue weighted by molar-refractivity contribution is 5.55. The number of rotatable bonds is 16. The first-order chi connectivity index (χ1) is 17.4. The van der Waals surface area contributed by atoms with E-state index in [4.69, 9.17) is 0 Å². The number of allylic oxidation sites excluding steroid dienone is 17. The normalized spacial score (nSPS) is 12.5. The van der Waals surface area contributed by atoms with Crippen molar-refractivity contribution in [2.24, 2.45) is 0 Å². The lowest BCUT2D eigenvalue weighted by Gasteiger charge is -2.18. The Kier molecular flexibility index (Phi) is 13.2. The van der Waals surface area contributed by atoms with Gasteiger partial charge in [0.05, 0.1) is 5.57 Å². The van der Waals surface area contributed by atoms with Crippen LogP contribution < -0.4 is 0 Å². The maximum atomic E-state index is 14.7. The zero-order valence-electron chi connectivity index (χ0n) is 21.5. The lowest BCUT2D eigenvalue weighted by molar-refractivity contribution is -0.175. The number of hydrogen-bond acceptors (Lipinski definition) is 1.